The number of rotatable bonds is 0. The summed E-state index contributed by atoms with van der Waals surface area (Å²) < 4.78 is 12.4. The summed E-state index contributed by atoms with van der Waals surface area (Å²) in [5, 5.41) is 0.141. The Morgan fingerprint density at radius 2 is 2.00 bits per heavy atom. The Bertz CT molecular complexity index is 230. The van der Waals surface area contributed by atoms with Crippen LogP contribution in [0.25, 0.3) is 0 Å². The molecule has 0 aliphatic heterocycles. The van der Waals surface area contributed by atoms with Crippen LogP contribution in [0.5, 0.6) is 0 Å². The van der Waals surface area contributed by atoms with E-state index < -0.39 is 5.82 Å². The summed E-state index contributed by atoms with van der Waals surface area (Å²) in [6, 6.07) is 4.44. The van der Waals surface area contributed by atoms with Gasteiger partial charge < -0.3 is 0 Å². The van der Waals surface area contributed by atoms with Crippen LogP contribution in [0.1, 0.15) is 5.56 Å². The molecule has 0 unspecified atom stereocenters. The van der Waals surface area contributed by atoms with E-state index in [0.717, 1.165) is 0 Å². The first-order valence-corrected chi connectivity index (χ1v) is 10.1. The molecular formula is C7H5BrClFZn. The predicted molar refractivity (Wildman–Crippen MR) is 44.8 cm³/mol. The monoisotopic (exact) mass is 286 g/mol. The van der Waals surface area contributed by atoms with Crippen molar-refractivity contribution in [3.05, 3.63) is 41.5 Å². The van der Waals surface area contributed by atoms with E-state index in [-0.39, 0.29) is 5.02 Å². The van der Waals surface area contributed by atoms with Gasteiger partial charge in [-0.25, -0.2) is 4.39 Å². The summed E-state index contributed by atoms with van der Waals surface area (Å²) in [4.78, 5) is 0. The molecule has 0 bridgehead atoms. The zero-order valence-corrected chi connectivity index (χ0v) is 11.1. The normalized spacial score (nSPS) is 8.45. The van der Waals surface area contributed by atoms with Gasteiger partial charge >= 0.3 is 30.0 Å². The first-order valence-electron chi connectivity index (χ1n) is 2.74. The molecule has 1 aromatic rings. The van der Waals surface area contributed by atoms with E-state index in [2.05, 4.69) is 20.5 Å². The minimum absolute atomic E-state index is 0.141. The second-order valence-electron chi connectivity index (χ2n) is 1.75. The predicted octanol–water partition coefficient (Wildman–Crippen LogP) is 3.50. The molecule has 0 spiro atoms. The van der Waals surface area contributed by atoms with Crippen LogP contribution in [0.4, 0.5) is 4.39 Å². The Hall–Kier alpha value is 0.413. The molecule has 0 fully saturated rings. The van der Waals surface area contributed by atoms with Crippen molar-refractivity contribution in [2.45, 2.75) is 0 Å². The van der Waals surface area contributed by atoms with Crippen LogP contribution in [-0.4, -0.2) is 0 Å². The Labute approximate surface area is 87.2 Å². The van der Waals surface area contributed by atoms with Crippen LogP contribution in [-0.2, 0) is 16.3 Å². The molecule has 0 amide bonds. The first-order chi connectivity index (χ1) is 5.20. The molecule has 56 valence electrons. The fraction of sp³-hybridized carbons (Fsp3) is 0. The van der Waals surface area contributed by atoms with Crippen LogP contribution >= 0.6 is 25.2 Å². The molecule has 1 aromatic carbocycles. The summed E-state index contributed by atoms with van der Waals surface area (Å²) in [6.07, 6.45) is 0. The third kappa shape index (κ3) is 4.10. The number of benzene rings is 1. The van der Waals surface area contributed by atoms with Crippen LogP contribution in [0.2, 0.25) is 5.02 Å². The fourth-order valence-corrected chi connectivity index (χ4v) is 0.657. The van der Waals surface area contributed by atoms with Crippen LogP contribution in [0.15, 0.2) is 18.2 Å². The molecule has 0 atom stereocenters. The summed E-state index contributed by atoms with van der Waals surface area (Å²) in [5.41, 5.74) is 0.636. The van der Waals surface area contributed by atoms with E-state index >= 15 is 0 Å². The van der Waals surface area contributed by atoms with E-state index in [0.29, 0.717) is 5.56 Å². The van der Waals surface area contributed by atoms with Gasteiger partial charge in [-0.2, -0.15) is 18.6 Å². The zero-order valence-electron chi connectivity index (χ0n) is 5.78. The molecule has 0 saturated heterocycles. The second-order valence-corrected chi connectivity index (χ2v) is 2.16. The van der Waals surface area contributed by atoms with Crippen LogP contribution < -0.4 is 0 Å². The van der Waals surface area contributed by atoms with Crippen molar-refractivity contribution in [3.8, 4) is 0 Å². The Kier molecular flexibility index (Phi) is 6.21. The molecular weight excluding hydrogens is 284 g/mol. The van der Waals surface area contributed by atoms with Crippen molar-refractivity contribution in [3.63, 3.8) is 0 Å². The maximum atomic E-state index is 12.4. The van der Waals surface area contributed by atoms with Gasteiger partial charge in [-0.05, 0) is 0 Å². The third-order valence-electron chi connectivity index (χ3n) is 0.984. The van der Waals surface area contributed by atoms with Crippen molar-refractivity contribution in [2.24, 2.45) is 0 Å². The number of halogens is 3. The average molecular weight is 289 g/mol. The topological polar surface area (TPSA) is 0 Å². The van der Waals surface area contributed by atoms with E-state index in [4.69, 9.17) is 11.6 Å². The van der Waals surface area contributed by atoms with Crippen LogP contribution in [0.3, 0.4) is 0 Å². The molecule has 0 radical (unpaired) electrons. The van der Waals surface area contributed by atoms with Crippen molar-refractivity contribution >= 4 is 25.2 Å². The van der Waals surface area contributed by atoms with Gasteiger partial charge in [-0.3, -0.25) is 0 Å². The van der Waals surface area contributed by atoms with Gasteiger partial charge in [-0.1, -0.05) is 17.7 Å². The number of hydrogen-bond acceptors (Lipinski definition) is 0. The van der Waals surface area contributed by atoms with Crippen molar-refractivity contribution < 1.29 is 20.7 Å². The average Bonchev–Trinajstić information content (AvgIpc) is 2.02. The summed E-state index contributed by atoms with van der Waals surface area (Å²) in [7, 11) is 0. The van der Waals surface area contributed by atoms with Crippen molar-refractivity contribution in [1.29, 1.82) is 0 Å². The van der Waals surface area contributed by atoms with Crippen molar-refractivity contribution in [2.75, 3.05) is 0 Å². The van der Waals surface area contributed by atoms with E-state index in [1.165, 1.54) is 28.5 Å². The Morgan fingerprint density at radius 3 is 2.36 bits per heavy atom. The molecule has 1 rings (SSSR count). The minimum atomic E-state index is -0.413. The molecule has 4 heteroatoms. The van der Waals surface area contributed by atoms with Gasteiger partial charge in [0.25, 0.3) is 0 Å². The van der Waals surface area contributed by atoms with Gasteiger partial charge in [0.2, 0.25) is 0 Å². The molecule has 0 N–H and O–H groups in total. The van der Waals surface area contributed by atoms with E-state index in [1.54, 1.807) is 6.07 Å². The Balaban J connectivity index is 0.000000461. The van der Waals surface area contributed by atoms with E-state index in [9.17, 15) is 4.39 Å². The molecule has 0 heterocycles. The van der Waals surface area contributed by atoms with Gasteiger partial charge in [0.15, 0.2) is 0 Å². The SMILES string of the molecule is [CH2-]c1ccc(Cl)c(F)c1.[Zn+][Br]. The molecule has 0 aliphatic carbocycles. The van der Waals surface area contributed by atoms with Gasteiger partial charge in [0.1, 0.15) is 0 Å². The second kappa shape index (κ2) is 5.99. The maximum absolute atomic E-state index is 12.4. The molecule has 11 heavy (non-hydrogen) atoms. The standard InChI is InChI=1S/C7H5ClF.BrH.Zn/c1-5-2-3-6(8)7(9)4-5;;/h2-4H,1H2;1H;/q-1;;+2/p-1. The Morgan fingerprint density at radius 1 is 1.45 bits per heavy atom. The summed E-state index contributed by atoms with van der Waals surface area (Å²) in [6.45, 7) is 3.52. The molecule has 0 nitrogen and oxygen atoms in total. The van der Waals surface area contributed by atoms with Crippen molar-refractivity contribution in [1.82, 2.24) is 0 Å². The summed E-state index contributed by atoms with van der Waals surface area (Å²) >= 11 is 9.63. The molecule has 0 aliphatic rings. The third-order valence-corrected chi connectivity index (χ3v) is 1.29. The first kappa shape index (κ1) is 11.4. The van der Waals surface area contributed by atoms with E-state index in [1.807, 2.05) is 0 Å². The number of hydrogen-bond donors (Lipinski definition) is 0. The van der Waals surface area contributed by atoms with Crippen LogP contribution in [0, 0.1) is 12.7 Å². The van der Waals surface area contributed by atoms with Gasteiger partial charge in [-0.15, -0.1) is 6.07 Å². The van der Waals surface area contributed by atoms with Gasteiger partial charge in [0.05, 0.1) is 10.8 Å². The zero-order chi connectivity index (χ0) is 8.85. The molecule has 0 saturated carbocycles. The summed E-state index contributed by atoms with van der Waals surface area (Å²) in [5.74, 6) is -0.413. The molecule has 0 aromatic heterocycles. The quantitative estimate of drug-likeness (QED) is 0.506. The van der Waals surface area contributed by atoms with Gasteiger partial charge in [0, 0.05) is 0 Å². The fourth-order valence-electron chi connectivity index (χ4n) is 0.540.